The lowest BCUT2D eigenvalue weighted by Gasteiger charge is -2.34. The second-order valence-corrected chi connectivity index (χ2v) is 18.5. The topological polar surface area (TPSA) is 3.24 Å². The van der Waals surface area contributed by atoms with E-state index in [0.29, 0.717) is 0 Å². The summed E-state index contributed by atoms with van der Waals surface area (Å²) >= 11 is 0. The van der Waals surface area contributed by atoms with Gasteiger partial charge in [0.1, 0.15) is 0 Å². The van der Waals surface area contributed by atoms with Gasteiger partial charge >= 0.3 is 0 Å². The van der Waals surface area contributed by atoms with Crippen LogP contribution in [0.2, 0.25) is 0 Å². The average Bonchev–Trinajstić information content (AvgIpc) is 3.78. The summed E-state index contributed by atoms with van der Waals surface area (Å²) in [5.74, 6) is 0. The first-order chi connectivity index (χ1) is 32.4. The molecule has 9 aromatic rings. The number of hydrogen-bond acceptors (Lipinski definition) is 1. The minimum absolute atomic E-state index is 0.113. The SMILES string of the molecule is C=C1/C=C\C=C/CC2(c3ccccc3-c3ccccc31)c1ccccc1-c1ccc(-c3ccc(N(c4ccc(-c5ccccc5)cc4)c4ccc5c(c4)C(C)(C)c4ccccc4-5)cc3)cc12. The summed E-state index contributed by atoms with van der Waals surface area (Å²) in [4.78, 5) is 2.42. The molecule has 314 valence electrons. The monoisotopic (exact) mass is 843 g/mol. The van der Waals surface area contributed by atoms with E-state index in [9.17, 15) is 0 Å². The average molecular weight is 844 g/mol. The molecule has 3 aliphatic rings. The number of rotatable bonds is 5. The molecule has 1 heteroatoms. The van der Waals surface area contributed by atoms with E-state index < -0.39 is 5.41 Å². The Kier molecular flexibility index (Phi) is 9.36. The molecule has 3 aliphatic carbocycles. The first-order valence-corrected chi connectivity index (χ1v) is 23.2. The Balaban J connectivity index is 0.987. The fraction of sp³-hybridized carbons (Fsp3) is 0.0769. The summed E-state index contributed by atoms with van der Waals surface area (Å²) in [5.41, 5.74) is 24.2. The Bertz CT molecular complexity index is 3420. The van der Waals surface area contributed by atoms with Crippen LogP contribution in [-0.2, 0) is 10.8 Å². The lowest BCUT2D eigenvalue weighted by molar-refractivity contribution is 0.647. The number of fused-ring (bicyclic) bond motifs is 12. The molecule has 0 amide bonds. The van der Waals surface area contributed by atoms with E-state index >= 15 is 0 Å². The number of anilines is 3. The molecule has 0 heterocycles. The fourth-order valence-electron chi connectivity index (χ4n) is 11.4. The minimum atomic E-state index is -0.425. The van der Waals surface area contributed by atoms with Gasteiger partial charge in [-0.05, 0) is 143 Å². The van der Waals surface area contributed by atoms with E-state index in [4.69, 9.17) is 0 Å². The molecular formula is C65H49N. The van der Waals surface area contributed by atoms with E-state index in [1.807, 2.05) is 0 Å². The van der Waals surface area contributed by atoms with Gasteiger partial charge in [-0.15, -0.1) is 0 Å². The molecule has 1 nitrogen and oxygen atoms in total. The predicted octanol–water partition coefficient (Wildman–Crippen LogP) is 17.3. The van der Waals surface area contributed by atoms with Gasteiger partial charge in [0.25, 0.3) is 0 Å². The normalized spacial score (nSPS) is 17.0. The fourth-order valence-corrected chi connectivity index (χ4v) is 11.4. The molecule has 12 rings (SSSR count). The Morgan fingerprint density at radius 2 is 0.818 bits per heavy atom. The highest BCUT2D eigenvalue weighted by atomic mass is 15.1. The van der Waals surface area contributed by atoms with Gasteiger partial charge in [-0.3, -0.25) is 0 Å². The third kappa shape index (κ3) is 6.22. The molecule has 0 saturated carbocycles. The maximum Gasteiger partial charge on any atom is 0.0504 e. The number of allylic oxidation sites excluding steroid dienone is 5. The molecule has 0 radical (unpaired) electrons. The Morgan fingerprint density at radius 1 is 0.364 bits per heavy atom. The van der Waals surface area contributed by atoms with Crippen molar-refractivity contribution in [2.45, 2.75) is 31.1 Å². The van der Waals surface area contributed by atoms with Gasteiger partial charge in [-0.1, -0.05) is 215 Å². The van der Waals surface area contributed by atoms with Crippen molar-refractivity contribution < 1.29 is 0 Å². The first kappa shape index (κ1) is 39.6. The predicted molar refractivity (Wildman–Crippen MR) is 279 cm³/mol. The molecule has 1 unspecified atom stereocenters. The van der Waals surface area contributed by atoms with Crippen molar-refractivity contribution in [3.8, 4) is 55.6 Å². The molecule has 0 aliphatic heterocycles. The molecule has 1 spiro atoms. The molecule has 9 aromatic carbocycles. The molecule has 1 atom stereocenters. The van der Waals surface area contributed by atoms with E-state index in [1.54, 1.807) is 0 Å². The smallest absolute Gasteiger partial charge is 0.0504 e. The van der Waals surface area contributed by atoms with Crippen LogP contribution < -0.4 is 4.90 Å². The standard InChI is InChI=1S/C65H49N/c1-44-18-6-5-17-41-65(60-27-15-12-23-54(60)53-22-10-9-21-52(44)53)61-28-16-13-25-56(61)58-39-33-48(42-63(58)65)47-31-36-50(37-32-47)66(49-34-29-46(30-35-49)45-19-7-4-8-20-45)51-38-40-57-55-24-11-14-26-59(55)64(2,3)62(57)43-51/h4-40,42-43H,1,41H2,2-3H3/b17-5-,18-6-. The highest BCUT2D eigenvalue weighted by molar-refractivity contribution is 5.92. The number of nitrogens with zero attached hydrogens (tertiary/aromatic N) is 1. The molecular weight excluding hydrogens is 795 g/mol. The first-order valence-electron chi connectivity index (χ1n) is 23.2. The summed E-state index contributed by atoms with van der Waals surface area (Å²) in [6, 6.07) is 78.8. The van der Waals surface area contributed by atoms with E-state index in [-0.39, 0.29) is 5.41 Å². The summed E-state index contributed by atoms with van der Waals surface area (Å²) in [5, 5.41) is 0. The largest absolute Gasteiger partial charge is 0.310 e. The van der Waals surface area contributed by atoms with Crippen molar-refractivity contribution in [1.82, 2.24) is 0 Å². The molecule has 66 heavy (non-hydrogen) atoms. The van der Waals surface area contributed by atoms with Crippen LogP contribution in [0.15, 0.2) is 243 Å². The van der Waals surface area contributed by atoms with Crippen molar-refractivity contribution >= 4 is 22.6 Å². The van der Waals surface area contributed by atoms with Crippen LogP contribution in [-0.4, -0.2) is 0 Å². The van der Waals surface area contributed by atoms with Crippen molar-refractivity contribution in [2.75, 3.05) is 4.90 Å². The van der Waals surface area contributed by atoms with Crippen LogP contribution in [0, 0.1) is 0 Å². The maximum atomic E-state index is 4.51. The second-order valence-electron chi connectivity index (χ2n) is 18.5. The Morgan fingerprint density at radius 3 is 1.48 bits per heavy atom. The quantitative estimate of drug-likeness (QED) is 0.167. The zero-order valence-corrected chi connectivity index (χ0v) is 37.4. The van der Waals surface area contributed by atoms with Crippen molar-refractivity contribution in [3.05, 3.63) is 277 Å². The zero-order valence-electron chi connectivity index (χ0n) is 37.4. The van der Waals surface area contributed by atoms with Crippen LogP contribution in [0.25, 0.3) is 61.2 Å². The van der Waals surface area contributed by atoms with E-state index in [2.05, 4.69) is 262 Å². The molecule has 0 bridgehead atoms. The van der Waals surface area contributed by atoms with E-state index in [1.165, 1.54) is 83.5 Å². The molecule has 0 fully saturated rings. The van der Waals surface area contributed by atoms with Crippen LogP contribution >= 0.6 is 0 Å². The second kappa shape index (κ2) is 15.6. The number of benzene rings is 9. The van der Waals surface area contributed by atoms with Gasteiger partial charge in [0.15, 0.2) is 0 Å². The highest BCUT2D eigenvalue weighted by Gasteiger charge is 2.45. The van der Waals surface area contributed by atoms with Gasteiger partial charge in [-0.2, -0.15) is 0 Å². The van der Waals surface area contributed by atoms with Crippen LogP contribution in [0.5, 0.6) is 0 Å². The minimum Gasteiger partial charge on any atom is -0.310 e. The Hall–Kier alpha value is -8.00. The lowest BCUT2D eigenvalue weighted by atomic mass is 9.67. The van der Waals surface area contributed by atoms with Gasteiger partial charge in [0.2, 0.25) is 0 Å². The maximum absolute atomic E-state index is 4.51. The van der Waals surface area contributed by atoms with Crippen molar-refractivity contribution in [3.63, 3.8) is 0 Å². The van der Waals surface area contributed by atoms with Crippen LogP contribution in [0.1, 0.15) is 53.6 Å². The third-order valence-electron chi connectivity index (χ3n) is 14.6. The summed E-state index contributed by atoms with van der Waals surface area (Å²) in [7, 11) is 0. The van der Waals surface area contributed by atoms with Crippen molar-refractivity contribution in [1.29, 1.82) is 0 Å². The lowest BCUT2D eigenvalue weighted by Crippen LogP contribution is -2.27. The third-order valence-corrected chi connectivity index (χ3v) is 14.6. The van der Waals surface area contributed by atoms with Gasteiger partial charge in [-0.25, -0.2) is 0 Å². The van der Waals surface area contributed by atoms with Crippen LogP contribution in [0.4, 0.5) is 17.1 Å². The molecule has 0 aromatic heterocycles. The number of hydrogen-bond donors (Lipinski definition) is 0. The van der Waals surface area contributed by atoms with E-state index in [0.717, 1.165) is 34.6 Å². The van der Waals surface area contributed by atoms with Gasteiger partial charge in [0.05, 0.1) is 5.41 Å². The van der Waals surface area contributed by atoms with Crippen molar-refractivity contribution in [2.24, 2.45) is 0 Å². The highest BCUT2D eigenvalue weighted by Crippen LogP contribution is 2.58. The van der Waals surface area contributed by atoms with Crippen LogP contribution in [0.3, 0.4) is 0 Å². The van der Waals surface area contributed by atoms with Gasteiger partial charge in [0, 0.05) is 22.5 Å². The summed E-state index contributed by atoms with van der Waals surface area (Å²) < 4.78 is 0. The van der Waals surface area contributed by atoms with Gasteiger partial charge < -0.3 is 4.90 Å². The molecule has 0 saturated heterocycles. The molecule has 0 N–H and O–H groups in total. The zero-order chi connectivity index (χ0) is 44.4. The summed E-state index contributed by atoms with van der Waals surface area (Å²) in [6.07, 6.45) is 9.65. The summed E-state index contributed by atoms with van der Waals surface area (Å²) in [6.45, 7) is 9.23. The Labute approximate surface area is 389 Å².